The number of allylic oxidation sites excluding steroid dienone is 1. The van der Waals surface area contributed by atoms with Gasteiger partial charge in [0.05, 0.1) is 0 Å². The Balaban J connectivity index is 1.17. The second-order valence-electron chi connectivity index (χ2n) is 11.6. The summed E-state index contributed by atoms with van der Waals surface area (Å²) in [5.41, 5.74) is 7.84. The van der Waals surface area contributed by atoms with Gasteiger partial charge in [-0.05, 0) is 103 Å². The molecule has 0 atom stereocenters. The van der Waals surface area contributed by atoms with Crippen LogP contribution in [-0.2, 0) is 0 Å². The number of piperazine rings is 1. The van der Waals surface area contributed by atoms with Gasteiger partial charge >= 0.3 is 0 Å². The Labute approximate surface area is 242 Å². The lowest BCUT2D eigenvalue weighted by Crippen LogP contribution is -2.47. The fourth-order valence-corrected chi connectivity index (χ4v) is 6.32. The predicted octanol–water partition coefficient (Wildman–Crippen LogP) is 7.87. The summed E-state index contributed by atoms with van der Waals surface area (Å²) in [5, 5.41) is 0.794. The molecular weight excluding hydrogens is 522 g/mol. The normalized spacial score (nSPS) is 17.8. The lowest BCUT2D eigenvalue weighted by atomic mass is 9.73. The summed E-state index contributed by atoms with van der Waals surface area (Å²) in [6, 6.07) is 24.5. The van der Waals surface area contributed by atoms with Gasteiger partial charge in [0.15, 0.2) is 0 Å². The molecule has 1 heterocycles. The predicted molar refractivity (Wildman–Crippen MR) is 166 cm³/mol. The van der Waals surface area contributed by atoms with Crippen molar-refractivity contribution in [3.63, 3.8) is 0 Å². The standard InChI is InChI=1S/C33H38ClN3OS/c1-24-4-14-30(15-5-24)39-35-32(38)26-8-12-29(13-9-26)37-20-18-36(19-21-37)23-27-22-33(2,3)17-16-31(27)25-6-10-28(34)11-7-25/h4-15H,16-23H2,1-3H3,(H,35,38). The average Bonchev–Trinajstić information content (AvgIpc) is 2.93. The molecule has 204 valence electrons. The van der Waals surface area contributed by atoms with Crippen molar-refractivity contribution in [2.45, 2.75) is 44.9 Å². The van der Waals surface area contributed by atoms with Crippen molar-refractivity contribution >= 4 is 40.7 Å². The number of halogens is 1. The van der Waals surface area contributed by atoms with Crippen molar-refractivity contribution in [3.8, 4) is 0 Å². The molecule has 2 aliphatic rings. The molecule has 1 saturated heterocycles. The van der Waals surface area contributed by atoms with Crippen LogP contribution < -0.4 is 9.62 Å². The molecule has 0 bridgehead atoms. The summed E-state index contributed by atoms with van der Waals surface area (Å²) < 4.78 is 2.95. The number of anilines is 1. The second kappa shape index (κ2) is 12.2. The average molecular weight is 560 g/mol. The van der Waals surface area contributed by atoms with Gasteiger partial charge in [0, 0.05) is 53.9 Å². The van der Waals surface area contributed by atoms with Crippen LogP contribution in [0.1, 0.15) is 54.6 Å². The number of hydrogen-bond acceptors (Lipinski definition) is 4. The van der Waals surface area contributed by atoms with E-state index in [9.17, 15) is 4.79 Å². The third-order valence-electron chi connectivity index (χ3n) is 7.93. The zero-order valence-corrected chi connectivity index (χ0v) is 24.7. The fourth-order valence-electron chi connectivity index (χ4n) is 5.59. The number of carbonyl (C=O) groups excluding carboxylic acids is 1. The Hall–Kier alpha value is -2.73. The van der Waals surface area contributed by atoms with Crippen LogP contribution in [0.3, 0.4) is 0 Å². The number of nitrogens with zero attached hydrogens (tertiary/aromatic N) is 2. The van der Waals surface area contributed by atoms with E-state index in [4.69, 9.17) is 11.6 Å². The van der Waals surface area contributed by atoms with Crippen LogP contribution >= 0.6 is 23.5 Å². The molecule has 0 spiro atoms. The molecule has 0 aromatic heterocycles. The molecule has 1 aliphatic carbocycles. The SMILES string of the molecule is Cc1ccc(SNC(=O)c2ccc(N3CCN(CC4=C(c5ccc(Cl)cc5)CCC(C)(C)C4)CC3)cc2)cc1. The lowest BCUT2D eigenvalue weighted by Gasteiger charge is -2.39. The second-order valence-corrected chi connectivity index (χ2v) is 12.9. The highest BCUT2D eigenvalue weighted by molar-refractivity contribution is 7.98. The minimum Gasteiger partial charge on any atom is -0.369 e. The Morgan fingerprint density at radius 3 is 2.26 bits per heavy atom. The van der Waals surface area contributed by atoms with Crippen molar-refractivity contribution in [2.24, 2.45) is 5.41 Å². The highest BCUT2D eigenvalue weighted by atomic mass is 35.5. The van der Waals surface area contributed by atoms with Gasteiger partial charge in [-0.3, -0.25) is 14.4 Å². The summed E-state index contributed by atoms with van der Waals surface area (Å²) in [5.74, 6) is -0.0721. The van der Waals surface area contributed by atoms with Crippen LogP contribution in [0, 0.1) is 12.3 Å². The van der Waals surface area contributed by atoms with E-state index in [0.29, 0.717) is 11.0 Å². The zero-order chi connectivity index (χ0) is 27.4. The first-order chi connectivity index (χ1) is 18.8. The first-order valence-corrected chi connectivity index (χ1v) is 15.0. The number of nitrogens with one attached hydrogen (secondary N) is 1. The number of benzene rings is 3. The maximum Gasteiger partial charge on any atom is 0.261 e. The Morgan fingerprint density at radius 2 is 1.59 bits per heavy atom. The largest absolute Gasteiger partial charge is 0.369 e. The van der Waals surface area contributed by atoms with Crippen LogP contribution in [0.2, 0.25) is 5.02 Å². The van der Waals surface area contributed by atoms with E-state index in [1.165, 1.54) is 40.8 Å². The molecule has 0 unspecified atom stereocenters. The van der Waals surface area contributed by atoms with E-state index < -0.39 is 0 Å². The molecule has 1 N–H and O–H groups in total. The van der Waals surface area contributed by atoms with Gasteiger partial charge in [-0.15, -0.1) is 0 Å². The van der Waals surface area contributed by atoms with Crippen LogP contribution in [0.5, 0.6) is 0 Å². The molecule has 39 heavy (non-hydrogen) atoms. The minimum absolute atomic E-state index is 0.0721. The summed E-state index contributed by atoms with van der Waals surface area (Å²) in [7, 11) is 0. The molecule has 0 saturated carbocycles. The maximum atomic E-state index is 12.6. The third kappa shape index (κ3) is 7.27. The lowest BCUT2D eigenvalue weighted by molar-refractivity contribution is 0.0984. The van der Waals surface area contributed by atoms with E-state index in [2.05, 4.69) is 71.7 Å². The van der Waals surface area contributed by atoms with E-state index in [-0.39, 0.29) is 5.91 Å². The monoisotopic (exact) mass is 559 g/mol. The smallest absolute Gasteiger partial charge is 0.261 e. The van der Waals surface area contributed by atoms with Gasteiger partial charge in [0.25, 0.3) is 5.91 Å². The van der Waals surface area contributed by atoms with Gasteiger partial charge in [-0.2, -0.15) is 0 Å². The number of rotatable bonds is 7. The molecule has 1 aliphatic heterocycles. The van der Waals surface area contributed by atoms with Gasteiger partial charge < -0.3 is 4.90 Å². The van der Waals surface area contributed by atoms with Gasteiger partial charge in [0.2, 0.25) is 0 Å². The quantitative estimate of drug-likeness (QED) is 0.299. The Morgan fingerprint density at radius 1 is 0.923 bits per heavy atom. The number of hydrogen-bond donors (Lipinski definition) is 1. The van der Waals surface area contributed by atoms with Crippen LogP contribution in [-0.4, -0.2) is 43.5 Å². The van der Waals surface area contributed by atoms with Crippen LogP contribution in [0.15, 0.2) is 83.3 Å². The zero-order valence-electron chi connectivity index (χ0n) is 23.2. The van der Waals surface area contributed by atoms with E-state index in [0.717, 1.165) is 55.5 Å². The highest BCUT2D eigenvalue weighted by Crippen LogP contribution is 2.42. The van der Waals surface area contributed by atoms with Crippen molar-refractivity contribution in [2.75, 3.05) is 37.6 Å². The van der Waals surface area contributed by atoms with Gasteiger partial charge in [0.1, 0.15) is 0 Å². The maximum absolute atomic E-state index is 12.6. The highest BCUT2D eigenvalue weighted by Gasteiger charge is 2.29. The molecule has 3 aromatic carbocycles. The molecular formula is C33H38ClN3OS. The van der Waals surface area contributed by atoms with E-state index >= 15 is 0 Å². The first-order valence-electron chi connectivity index (χ1n) is 13.8. The summed E-state index contributed by atoms with van der Waals surface area (Å²) >= 11 is 7.52. The molecule has 5 rings (SSSR count). The molecule has 1 fully saturated rings. The molecule has 6 heteroatoms. The Kier molecular flexibility index (Phi) is 8.70. The summed E-state index contributed by atoms with van der Waals surface area (Å²) in [6.07, 6.45) is 3.51. The summed E-state index contributed by atoms with van der Waals surface area (Å²) in [6.45, 7) is 11.9. The first kappa shape index (κ1) is 27.8. The van der Waals surface area contributed by atoms with Crippen molar-refractivity contribution in [1.82, 2.24) is 9.62 Å². The third-order valence-corrected chi connectivity index (χ3v) is 8.97. The number of amides is 1. The molecule has 1 amide bonds. The molecule has 0 radical (unpaired) electrons. The number of carbonyl (C=O) groups is 1. The van der Waals surface area contributed by atoms with Crippen molar-refractivity contribution < 1.29 is 4.79 Å². The molecule has 3 aromatic rings. The van der Waals surface area contributed by atoms with Crippen LogP contribution in [0.4, 0.5) is 5.69 Å². The summed E-state index contributed by atoms with van der Waals surface area (Å²) in [4.78, 5) is 18.7. The van der Waals surface area contributed by atoms with Crippen molar-refractivity contribution in [1.29, 1.82) is 0 Å². The number of aryl methyl sites for hydroxylation is 1. The fraction of sp³-hybridized carbons (Fsp3) is 0.364. The van der Waals surface area contributed by atoms with Gasteiger partial charge in [-0.25, -0.2) is 0 Å². The molecule has 4 nitrogen and oxygen atoms in total. The van der Waals surface area contributed by atoms with E-state index in [1.807, 2.05) is 36.4 Å². The van der Waals surface area contributed by atoms with E-state index in [1.54, 1.807) is 5.57 Å². The topological polar surface area (TPSA) is 35.6 Å². The Bertz CT molecular complexity index is 1310. The minimum atomic E-state index is -0.0721. The van der Waals surface area contributed by atoms with Gasteiger partial charge in [-0.1, -0.05) is 60.9 Å². The van der Waals surface area contributed by atoms with Crippen molar-refractivity contribution in [3.05, 3.63) is 100 Å². The van der Waals surface area contributed by atoms with Crippen LogP contribution in [0.25, 0.3) is 5.57 Å².